The molecule has 1 amide bonds. The van der Waals surface area contributed by atoms with Crippen molar-refractivity contribution in [1.82, 2.24) is 4.98 Å². The Hall–Kier alpha value is -2.89. The summed E-state index contributed by atoms with van der Waals surface area (Å²) in [4.78, 5) is 34.7. The van der Waals surface area contributed by atoms with E-state index in [0.29, 0.717) is 25.9 Å². The number of para-hydroxylation sites is 1. The van der Waals surface area contributed by atoms with Gasteiger partial charge in [0.25, 0.3) is 0 Å². The summed E-state index contributed by atoms with van der Waals surface area (Å²) in [5.74, 6) is -0.0459. The first-order valence-electron chi connectivity index (χ1n) is 11.8. The second-order valence-corrected chi connectivity index (χ2v) is 9.28. The molecule has 0 bridgehead atoms. The molecule has 0 spiro atoms. The lowest BCUT2D eigenvalue weighted by Crippen LogP contribution is -2.49. The smallest absolute Gasteiger partial charge is 0.310 e. The summed E-state index contributed by atoms with van der Waals surface area (Å²) in [6, 6.07) is 15.8. The highest BCUT2D eigenvalue weighted by atomic mass is 16.4. The number of nitrogens with zero attached hydrogens (tertiary/aromatic N) is 3. The first-order chi connectivity index (χ1) is 15.5. The molecular formula is C26H33N3O3. The Balaban J connectivity index is 1.52. The van der Waals surface area contributed by atoms with Crippen molar-refractivity contribution in [3.63, 3.8) is 0 Å². The van der Waals surface area contributed by atoms with Gasteiger partial charge in [-0.25, -0.2) is 4.98 Å². The number of benzene rings is 1. The van der Waals surface area contributed by atoms with Gasteiger partial charge in [0, 0.05) is 36.9 Å². The molecule has 2 aromatic rings. The van der Waals surface area contributed by atoms with Crippen molar-refractivity contribution in [2.45, 2.75) is 64.3 Å². The number of hydrogen-bond acceptors (Lipinski definition) is 4. The predicted octanol–water partition coefficient (Wildman–Crippen LogP) is 4.82. The van der Waals surface area contributed by atoms with Gasteiger partial charge in [-0.2, -0.15) is 0 Å². The molecule has 4 rings (SSSR count). The summed E-state index contributed by atoms with van der Waals surface area (Å²) >= 11 is 0. The quantitative estimate of drug-likeness (QED) is 0.704. The molecule has 0 unspecified atom stereocenters. The second kappa shape index (κ2) is 9.72. The van der Waals surface area contributed by atoms with Crippen molar-refractivity contribution in [3.05, 3.63) is 54.2 Å². The number of aliphatic carboxylic acids is 1. The van der Waals surface area contributed by atoms with Gasteiger partial charge in [-0.3, -0.25) is 9.59 Å². The minimum absolute atomic E-state index is 0.0445. The summed E-state index contributed by atoms with van der Waals surface area (Å²) < 4.78 is 0. The Bertz CT molecular complexity index is 932. The Morgan fingerprint density at radius 1 is 1.03 bits per heavy atom. The molecule has 2 aliphatic rings. The van der Waals surface area contributed by atoms with Crippen molar-refractivity contribution >= 4 is 23.4 Å². The van der Waals surface area contributed by atoms with Crippen LogP contribution in [0, 0.1) is 12.3 Å². The van der Waals surface area contributed by atoms with E-state index in [-0.39, 0.29) is 18.4 Å². The maximum Gasteiger partial charge on any atom is 0.310 e. The first-order valence-corrected chi connectivity index (χ1v) is 11.8. The third-order valence-corrected chi connectivity index (χ3v) is 7.10. The molecule has 1 aliphatic carbocycles. The molecule has 6 nitrogen and oxygen atoms in total. The zero-order valence-electron chi connectivity index (χ0n) is 18.9. The van der Waals surface area contributed by atoms with Gasteiger partial charge < -0.3 is 14.9 Å². The third-order valence-electron chi connectivity index (χ3n) is 7.10. The SMILES string of the molecule is Cc1cccc(N2CCC(CC(=O)N(c3ccccc3)C3CCCCC3)(C(=O)O)CC2)n1. The molecule has 1 saturated carbocycles. The molecular weight excluding hydrogens is 402 g/mol. The normalized spacial score (nSPS) is 18.8. The van der Waals surface area contributed by atoms with Crippen LogP contribution in [0.25, 0.3) is 0 Å². The fraction of sp³-hybridized carbons (Fsp3) is 0.500. The van der Waals surface area contributed by atoms with E-state index >= 15 is 0 Å². The summed E-state index contributed by atoms with van der Waals surface area (Å²) in [7, 11) is 0. The van der Waals surface area contributed by atoms with Gasteiger partial charge >= 0.3 is 5.97 Å². The van der Waals surface area contributed by atoms with Crippen LogP contribution in [0.4, 0.5) is 11.5 Å². The molecule has 1 aromatic carbocycles. The number of aromatic nitrogens is 1. The van der Waals surface area contributed by atoms with Crippen LogP contribution in [0.3, 0.4) is 0 Å². The highest BCUT2D eigenvalue weighted by Crippen LogP contribution is 2.39. The second-order valence-electron chi connectivity index (χ2n) is 9.28. The molecule has 0 atom stereocenters. The van der Waals surface area contributed by atoms with Gasteiger partial charge in [-0.15, -0.1) is 0 Å². The number of carboxylic acid groups (broad SMARTS) is 1. The van der Waals surface area contributed by atoms with E-state index in [1.165, 1.54) is 6.42 Å². The Morgan fingerprint density at radius 2 is 1.72 bits per heavy atom. The summed E-state index contributed by atoms with van der Waals surface area (Å²) in [5, 5.41) is 10.2. The van der Waals surface area contributed by atoms with Gasteiger partial charge in [0.05, 0.1) is 5.41 Å². The summed E-state index contributed by atoms with van der Waals surface area (Å²) in [6.45, 7) is 3.13. The Labute approximate surface area is 190 Å². The molecule has 1 aromatic heterocycles. The lowest BCUT2D eigenvalue weighted by molar-refractivity contribution is -0.153. The summed E-state index contributed by atoms with van der Waals surface area (Å²) in [6.07, 6.45) is 6.32. The zero-order valence-corrected chi connectivity index (χ0v) is 18.9. The van der Waals surface area contributed by atoms with E-state index in [1.807, 2.05) is 60.4 Å². The first kappa shape index (κ1) is 22.3. The number of carboxylic acids is 1. The van der Waals surface area contributed by atoms with Crippen LogP contribution >= 0.6 is 0 Å². The van der Waals surface area contributed by atoms with Crippen LogP contribution in [-0.4, -0.2) is 41.1 Å². The van der Waals surface area contributed by atoms with Crippen LogP contribution in [-0.2, 0) is 9.59 Å². The number of anilines is 2. The van der Waals surface area contributed by atoms with Crippen LogP contribution in [0.2, 0.25) is 0 Å². The highest BCUT2D eigenvalue weighted by molar-refractivity contribution is 5.97. The van der Waals surface area contributed by atoms with E-state index in [4.69, 9.17) is 0 Å². The number of carbonyl (C=O) groups excluding carboxylic acids is 1. The number of pyridine rings is 1. The molecule has 0 radical (unpaired) electrons. The number of hydrogen-bond donors (Lipinski definition) is 1. The molecule has 2 heterocycles. The highest BCUT2D eigenvalue weighted by Gasteiger charge is 2.45. The van der Waals surface area contributed by atoms with Crippen LogP contribution < -0.4 is 9.80 Å². The number of amides is 1. The Morgan fingerprint density at radius 3 is 2.34 bits per heavy atom. The van der Waals surface area contributed by atoms with Gasteiger partial charge in [0.15, 0.2) is 0 Å². The molecule has 2 fully saturated rings. The van der Waals surface area contributed by atoms with Crippen LogP contribution in [0.5, 0.6) is 0 Å². The number of piperidine rings is 1. The fourth-order valence-corrected chi connectivity index (χ4v) is 5.20. The molecule has 6 heteroatoms. The van der Waals surface area contributed by atoms with Crippen LogP contribution in [0.1, 0.15) is 57.1 Å². The van der Waals surface area contributed by atoms with E-state index in [2.05, 4.69) is 9.88 Å². The lowest BCUT2D eigenvalue weighted by atomic mass is 9.75. The van der Waals surface area contributed by atoms with E-state index < -0.39 is 11.4 Å². The molecule has 170 valence electrons. The van der Waals surface area contributed by atoms with Crippen molar-refractivity contribution in [3.8, 4) is 0 Å². The minimum Gasteiger partial charge on any atom is -0.481 e. The largest absolute Gasteiger partial charge is 0.481 e. The zero-order chi connectivity index (χ0) is 22.6. The van der Waals surface area contributed by atoms with Crippen molar-refractivity contribution < 1.29 is 14.7 Å². The number of carbonyl (C=O) groups is 2. The van der Waals surface area contributed by atoms with Crippen molar-refractivity contribution in [2.24, 2.45) is 5.41 Å². The Kier molecular flexibility index (Phi) is 6.77. The van der Waals surface area contributed by atoms with Gasteiger partial charge in [-0.05, 0) is 56.9 Å². The third kappa shape index (κ3) is 4.79. The van der Waals surface area contributed by atoms with E-state index in [0.717, 1.165) is 42.9 Å². The van der Waals surface area contributed by atoms with Crippen molar-refractivity contribution in [1.29, 1.82) is 0 Å². The maximum absolute atomic E-state index is 13.7. The van der Waals surface area contributed by atoms with Gasteiger partial charge in [0.1, 0.15) is 5.82 Å². The molecule has 32 heavy (non-hydrogen) atoms. The van der Waals surface area contributed by atoms with Gasteiger partial charge in [-0.1, -0.05) is 43.5 Å². The minimum atomic E-state index is -1.03. The number of rotatable bonds is 6. The molecule has 1 N–H and O–H groups in total. The van der Waals surface area contributed by atoms with Crippen molar-refractivity contribution in [2.75, 3.05) is 22.9 Å². The monoisotopic (exact) mass is 435 g/mol. The number of aryl methyl sites for hydroxylation is 1. The topological polar surface area (TPSA) is 73.7 Å². The lowest BCUT2D eigenvalue weighted by Gasteiger charge is -2.41. The predicted molar refractivity (Wildman–Crippen MR) is 126 cm³/mol. The standard InChI is InChI=1S/C26H33N3O3/c1-20-9-8-14-23(27-20)28-17-15-26(16-18-28,25(31)32)19-24(30)29(21-10-4-2-5-11-21)22-12-6-3-7-13-22/h2,4-5,8-11,14,22H,3,6-7,12-13,15-19H2,1H3,(H,31,32). The average molecular weight is 436 g/mol. The van der Waals surface area contributed by atoms with Gasteiger partial charge in [0.2, 0.25) is 5.91 Å². The molecule has 1 aliphatic heterocycles. The maximum atomic E-state index is 13.7. The fourth-order valence-electron chi connectivity index (χ4n) is 5.20. The average Bonchev–Trinajstić information content (AvgIpc) is 2.81. The summed E-state index contributed by atoms with van der Waals surface area (Å²) in [5.41, 5.74) is 0.795. The molecule has 1 saturated heterocycles. The van der Waals surface area contributed by atoms with E-state index in [9.17, 15) is 14.7 Å². The van der Waals surface area contributed by atoms with Crippen LogP contribution in [0.15, 0.2) is 48.5 Å². The van der Waals surface area contributed by atoms with E-state index in [1.54, 1.807) is 0 Å².